The van der Waals surface area contributed by atoms with Crippen LogP contribution in [0.15, 0.2) is 24.3 Å². The van der Waals surface area contributed by atoms with Crippen molar-refractivity contribution in [3.8, 4) is 5.75 Å². The first-order valence-electron chi connectivity index (χ1n) is 6.73. The van der Waals surface area contributed by atoms with E-state index in [1.807, 2.05) is 36.0 Å². The molecule has 0 radical (unpaired) electrons. The van der Waals surface area contributed by atoms with Crippen molar-refractivity contribution < 1.29 is 9.47 Å². The van der Waals surface area contributed by atoms with Crippen LogP contribution in [0.5, 0.6) is 5.75 Å². The number of hydrogen-bond acceptors (Lipinski definition) is 3. The van der Waals surface area contributed by atoms with E-state index in [2.05, 4.69) is 20.8 Å². The molecule has 1 aliphatic heterocycles. The molecular weight excluding hydrogens is 315 g/mol. The highest BCUT2D eigenvalue weighted by Gasteiger charge is 2.45. The molecule has 0 aromatic heterocycles. The molecular formula is C15H20Cl2O2S. The third-order valence-corrected chi connectivity index (χ3v) is 5.67. The summed E-state index contributed by atoms with van der Waals surface area (Å²) in [6.07, 6.45) is 0.0838. The second kappa shape index (κ2) is 6.78. The van der Waals surface area contributed by atoms with Gasteiger partial charge < -0.3 is 9.47 Å². The Morgan fingerprint density at radius 3 is 2.50 bits per heavy atom. The molecule has 0 N–H and O–H groups in total. The molecule has 20 heavy (non-hydrogen) atoms. The maximum absolute atomic E-state index is 6.10. The summed E-state index contributed by atoms with van der Waals surface area (Å²) in [7, 11) is 0. The summed E-state index contributed by atoms with van der Waals surface area (Å²) in [5.41, 5.74) is 0. The quantitative estimate of drug-likeness (QED) is 0.718. The van der Waals surface area contributed by atoms with Gasteiger partial charge in [0.2, 0.25) is 0 Å². The predicted octanol–water partition coefficient (Wildman–Crippen LogP) is 4.83. The molecule has 112 valence electrons. The van der Waals surface area contributed by atoms with E-state index < -0.39 is 0 Å². The van der Waals surface area contributed by atoms with Crippen molar-refractivity contribution >= 4 is 35.0 Å². The van der Waals surface area contributed by atoms with Gasteiger partial charge in [0.25, 0.3) is 0 Å². The smallest absolute Gasteiger partial charge is 0.145 e. The fourth-order valence-corrected chi connectivity index (χ4v) is 4.22. The van der Waals surface area contributed by atoms with Crippen LogP contribution in [0.3, 0.4) is 0 Å². The SMILES string of the molecule is CC(C)C1SC(C)(COc2ccc(Cl)cc2)OC1CCl. The highest BCUT2D eigenvalue weighted by Crippen LogP contribution is 2.45. The van der Waals surface area contributed by atoms with Crippen LogP contribution in [0.25, 0.3) is 0 Å². The maximum Gasteiger partial charge on any atom is 0.145 e. The molecule has 3 unspecified atom stereocenters. The van der Waals surface area contributed by atoms with Crippen molar-refractivity contribution in [3.63, 3.8) is 0 Å². The average molecular weight is 335 g/mol. The average Bonchev–Trinajstić information content (AvgIpc) is 2.76. The van der Waals surface area contributed by atoms with E-state index in [0.29, 0.717) is 28.7 Å². The van der Waals surface area contributed by atoms with Crippen LogP contribution in [0, 0.1) is 5.92 Å². The molecule has 1 aromatic rings. The van der Waals surface area contributed by atoms with Crippen LogP contribution in [0.2, 0.25) is 5.02 Å². The van der Waals surface area contributed by atoms with Gasteiger partial charge in [-0.05, 0) is 37.1 Å². The second-order valence-electron chi connectivity index (χ2n) is 5.51. The summed E-state index contributed by atoms with van der Waals surface area (Å²) in [5, 5.41) is 1.11. The first-order valence-corrected chi connectivity index (χ1v) is 8.53. The van der Waals surface area contributed by atoms with Gasteiger partial charge in [-0.15, -0.1) is 23.4 Å². The van der Waals surface area contributed by atoms with Gasteiger partial charge >= 0.3 is 0 Å². The monoisotopic (exact) mass is 334 g/mol. The molecule has 0 saturated carbocycles. The Balaban J connectivity index is 1.96. The number of rotatable bonds is 5. The Kier molecular flexibility index (Phi) is 5.52. The van der Waals surface area contributed by atoms with Gasteiger partial charge in [0, 0.05) is 16.2 Å². The van der Waals surface area contributed by atoms with Crippen molar-refractivity contribution in [1.29, 1.82) is 0 Å². The normalized spacial score (nSPS) is 29.9. The topological polar surface area (TPSA) is 18.5 Å². The first kappa shape index (κ1) is 16.3. The Morgan fingerprint density at radius 2 is 2.00 bits per heavy atom. The number of alkyl halides is 1. The summed E-state index contributed by atoms with van der Waals surface area (Å²) in [4.78, 5) is -0.353. The lowest BCUT2D eigenvalue weighted by Crippen LogP contribution is -2.31. The number of benzene rings is 1. The molecule has 3 atom stereocenters. The lowest BCUT2D eigenvalue weighted by Gasteiger charge is -2.23. The summed E-state index contributed by atoms with van der Waals surface area (Å²) in [6.45, 7) is 6.96. The van der Waals surface area contributed by atoms with Gasteiger partial charge in [0.05, 0.1) is 6.10 Å². The van der Waals surface area contributed by atoms with Crippen LogP contribution in [0.4, 0.5) is 0 Å². The zero-order chi connectivity index (χ0) is 14.8. The lowest BCUT2D eigenvalue weighted by atomic mass is 10.1. The molecule has 5 heteroatoms. The second-order valence-corrected chi connectivity index (χ2v) is 7.90. The number of ether oxygens (including phenoxy) is 2. The van der Waals surface area contributed by atoms with E-state index in [9.17, 15) is 0 Å². The van der Waals surface area contributed by atoms with Gasteiger partial charge in [0.15, 0.2) is 0 Å². The van der Waals surface area contributed by atoms with E-state index in [-0.39, 0.29) is 11.0 Å². The summed E-state index contributed by atoms with van der Waals surface area (Å²) in [6, 6.07) is 7.37. The van der Waals surface area contributed by atoms with Gasteiger partial charge in [-0.2, -0.15) is 0 Å². The molecule has 0 bridgehead atoms. The Hall–Kier alpha value is -0.0900. The minimum Gasteiger partial charge on any atom is -0.490 e. The number of thioether (sulfide) groups is 1. The van der Waals surface area contributed by atoms with Crippen molar-refractivity contribution in [1.82, 2.24) is 0 Å². The van der Waals surface area contributed by atoms with Gasteiger partial charge in [0.1, 0.15) is 17.3 Å². The third kappa shape index (κ3) is 3.97. The molecule has 1 fully saturated rings. The van der Waals surface area contributed by atoms with E-state index in [1.165, 1.54) is 0 Å². The molecule has 1 heterocycles. The van der Waals surface area contributed by atoms with Crippen LogP contribution in [-0.2, 0) is 4.74 Å². The van der Waals surface area contributed by atoms with Gasteiger partial charge in [-0.25, -0.2) is 0 Å². The standard InChI is InChI=1S/C15H20Cl2O2S/c1-10(2)14-13(8-16)19-15(3,20-14)9-18-12-6-4-11(17)5-7-12/h4-7,10,13-14H,8-9H2,1-3H3. The third-order valence-electron chi connectivity index (χ3n) is 3.28. The highest BCUT2D eigenvalue weighted by molar-refractivity contribution is 8.01. The zero-order valence-electron chi connectivity index (χ0n) is 11.9. The fourth-order valence-electron chi connectivity index (χ4n) is 2.28. The zero-order valence-corrected chi connectivity index (χ0v) is 14.3. The minimum atomic E-state index is -0.353. The minimum absolute atomic E-state index is 0.0838. The van der Waals surface area contributed by atoms with E-state index in [1.54, 1.807) is 0 Å². The van der Waals surface area contributed by atoms with E-state index >= 15 is 0 Å². The largest absolute Gasteiger partial charge is 0.490 e. The van der Waals surface area contributed by atoms with Gasteiger partial charge in [-0.1, -0.05) is 25.4 Å². The van der Waals surface area contributed by atoms with Crippen LogP contribution in [0.1, 0.15) is 20.8 Å². The fraction of sp³-hybridized carbons (Fsp3) is 0.600. The maximum atomic E-state index is 6.10. The molecule has 0 amide bonds. The lowest BCUT2D eigenvalue weighted by molar-refractivity contribution is -0.0218. The van der Waals surface area contributed by atoms with Crippen molar-refractivity contribution in [2.45, 2.75) is 37.1 Å². The Morgan fingerprint density at radius 1 is 1.35 bits per heavy atom. The molecule has 1 aliphatic rings. The number of halogens is 2. The molecule has 2 rings (SSSR count). The van der Waals surface area contributed by atoms with E-state index in [0.717, 1.165) is 5.75 Å². The Bertz CT molecular complexity index is 438. The molecule has 0 aliphatic carbocycles. The number of hydrogen-bond donors (Lipinski definition) is 0. The van der Waals surface area contributed by atoms with Crippen LogP contribution in [-0.4, -0.2) is 28.8 Å². The van der Waals surface area contributed by atoms with Crippen molar-refractivity contribution in [2.75, 3.05) is 12.5 Å². The summed E-state index contributed by atoms with van der Waals surface area (Å²) >= 11 is 13.7. The highest BCUT2D eigenvalue weighted by atomic mass is 35.5. The predicted molar refractivity (Wildman–Crippen MR) is 87.2 cm³/mol. The first-order chi connectivity index (χ1) is 9.43. The van der Waals surface area contributed by atoms with Crippen molar-refractivity contribution in [3.05, 3.63) is 29.3 Å². The molecule has 2 nitrogen and oxygen atoms in total. The summed E-state index contributed by atoms with van der Waals surface area (Å²) in [5.74, 6) is 1.85. The summed E-state index contributed by atoms with van der Waals surface area (Å²) < 4.78 is 11.9. The van der Waals surface area contributed by atoms with Crippen LogP contribution < -0.4 is 4.74 Å². The molecule has 0 spiro atoms. The molecule has 1 aromatic carbocycles. The van der Waals surface area contributed by atoms with Crippen molar-refractivity contribution in [2.24, 2.45) is 5.92 Å². The van der Waals surface area contributed by atoms with Gasteiger partial charge in [-0.3, -0.25) is 0 Å². The van der Waals surface area contributed by atoms with Crippen LogP contribution >= 0.6 is 35.0 Å². The molecule has 1 saturated heterocycles. The van der Waals surface area contributed by atoms with E-state index in [4.69, 9.17) is 32.7 Å². The Labute approximate surface area is 135 Å².